The Morgan fingerprint density at radius 3 is 2.64 bits per heavy atom. The minimum absolute atomic E-state index is 0.202. The maximum absolute atomic E-state index is 11.8. The standard InChI is InChI=1S/C6H8F3N3O2/c7-6(8,9)1-4-11-5(14-12-4)3(10)2-13/h3,13H,1-2,10H2/t3-/m0/s1. The van der Waals surface area contributed by atoms with E-state index in [1.807, 2.05) is 0 Å². The maximum atomic E-state index is 11.8. The highest BCUT2D eigenvalue weighted by molar-refractivity contribution is 4.92. The first-order valence-corrected chi connectivity index (χ1v) is 3.68. The van der Waals surface area contributed by atoms with Crippen LogP contribution in [-0.4, -0.2) is 28.0 Å². The minimum atomic E-state index is -4.38. The van der Waals surface area contributed by atoms with Crippen molar-refractivity contribution in [1.29, 1.82) is 0 Å². The van der Waals surface area contributed by atoms with E-state index in [0.717, 1.165) is 0 Å². The summed E-state index contributed by atoms with van der Waals surface area (Å²) < 4.78 is 39.9. The van der Waals surface area contributed by atoms with Crippen LogP contribution in [0.25, 0.3) is 0 Å². The SMILES string of the molecule is N[C@@H](CO)c1nc(CC(F)(F)F)no1. The molecule has 0 unspecified atom stereocenters. The van der Waals surface area contributed by atoms with Gasteiger partial charge in [0.2, 0.25) is 5.89 Å². The molecule has 1 atom stereocenters. The Bertz CT molecular complexity index is 299. The van der Waals surface area contributed by atoms with Crippen LogP contribution < -0.4 is 5.73 Å². The third-order valence-electron chi connectivity index (χ3n) is 1.36. The normalized spacial score (nSPS) is 14.4. The first-order valence-electron chi connectivity index (χ1n) is 3.68. The molecule has 5 nitrogen and oxygen atoms in total. The molecule has 8 heteroatoms. The lowest BCUT2D eigenvalue weighted by Crippen LogP contribution is -2.16. The van der Waals surface area contributed by atoms with Crippen molar-refractivity contribution >= 4 is 0 Å². The molecule has 0 aliphatic rings. The zero-order valence-corrected chi connectivity index (χ0v) is 6.95. The molecule has 0 aromatic carbocycles. The van der Waals surface area contributed by atoms with Crippen molar-refractivity contribution in [2.75, 3.05) is 6.61 Å². The van der Waals surface area contributed by atoms with Crippen LogP contribution in [0.3, 0.4) is 0 Å². The third-order valence-corrected chi connectivity index (χ3v) is 1.36. The molecule has 1 aromatic rings. The number of rotatable bonds is 3. The molecule has 3 N–H and O–H groups in total. The van der Waals surface area contributed by atoms with Crippen molar-refractivity contribution in [2.45, 2.75) is 18.6 Å². The highest BCUT2D eigenvalue weighted by Crippen LogP contribution is 2.20. The van der Waals surface area contributed by atoms with E-state index < -0.39 is 31.1 Å². The van der Waals surface area contributed by atoms with E-state index in [1.54, 1.807) is 0 Å². The predicted octanol–water partition coefficient (Wildman–Crippen LogP) is 0.167. The highest BCUT2D eigenvalue weighted by atomic mass is 19.4. The first-order chi connectivity index (χ1) is 6.42. The fourth-order valence-electron chi connectivity index (χ4n) is 0.747. The van der Waals surface area contributed by atoms with Crippen molar-refractivity contribution in [3.8, 4) is 0 Å². The van der Waals surface area contributed by atoms with Gasteiger partial charge in [0.05, 0.1) is 6.61 Å². The molecule has 0 aliphatic heterocycles. The number of nitrogens with two attached hydrogens (primary N) is 1. The summed E-state index contributed by atoms with van der Waals surface area (Å²) in [6.45, 7) is -0.465. The van der Waals surface area contributed by atoms with Gasteiger partial charge in [-0.05, 0) is 0 Å². The Morgan fingerprint density at radius 2 is 2.14 bits per heavy atom. The van der Waals surface area contributed by atoms with Crippen LogP contribution >= 0.6 is 0 Å². The van der Waals surface area contributed by atoms with E-state index in [9.17, 15) is 13.2 Å². The molecule has 0 aliphatic carbocycles. The summed E-state index contributed by atoms with van der Waals surface area (Å²) in [6, 6.07) is -0.940. The van der Waals surface area contributed by atoms with Crippen molar-refractivity contribution in [2.24, 2.45) is 5.73 Å². The number of halogens is 3. The van der Waals surface area contributed by atoms with Crippen molar-refractivity contribution < 1.29 is 22.8 Å². The molecule has 0 saturated carbocycles. The Balaban J connectivity index is 2.69. The molecule has 0 spiro atoms. The lowest BCUT2D eigenvalue weighted by molar-refractivity contribution is -0.128. The van der Waals surface area contributed by atoms with Gasteiger partial charge in [-0.2, -0.15) is 18.2 Å². The molecular formula is C6H8F3N3O2. The van der Waals surface area contributed by atoms with E-state index in [1.165, 1.54) is 0 Å². The number of aliphatic hydroxyl groups is 1. The van der Waals surface area contributed by atoms with E-state index in [2.05, 4.69) is 14.7 Å². The average molecular weight is 211 g/mol. The lowest BCUT2D eigenvalue weighted by Gasteiger charge is -2.00. The van der Waals surface area contributed by atoms with Crippen LogP contribution in [0, 0.1) is 0 Å². The van der Waals surface area contributed by atoms with Gasteiger partial charge >= 0.3 is 6.18 Å². The lowest BCUT2D eigenvalue weighted by atomic mass is 10.3. The largest absolute Gasteiger partial charge is 0.396 e. The van der Waals surface area contributed by atoms with E-state index in [0.29, 0.717) is 0 Å². The van der Waals surface area contributed by atoms with Crippen LogP contribution in [-0.2, 0) is 6.42 Å². The fourth-order valence-corrected chi connectivity index (χ4v) is 0.747. The monoisotopic (exact) mass is 211 g/mol. The van der Waals surface area contributed by atoms with Gasteiger partial charge in [0.15, 0.2) is 5.82 Å². The van der Waals surface area contributed by atoms with Crippen molar-refractivity contribution in [3.05, 3.63) is 11.7 Å². The van der Waals surface area contributed by atoms with Gasteiger partial charge in [0, 0.05) is 0 Å². The number of hydrogen-bond donors (Lipinski definition) is 2. The number of alkyl halides is 3. The topological polar surface area (TPSA) is 85.2 Å². The van der Waals surface area contributed by atoms with E-state index in [-0.39, 0.29) is 5.89 Å². The molecule has 14 heavy (non-hydrogen) atoms. The van der Waals surface area contributed by atoms with Crippen molar-refractivity contribution in [1.82, 2.24) is 10.1 Å². The van der Waals surface area contributed by atoms with Crippen LogP contribution in [0.15, 0.2) is 4.52 Å². The summed E-state index contributed by atoms with van der Waals surface area (Å²) in [5.41, 5.74) is 5.24. The molecule has 0 amide bonds. The van der Waals surface area contributed by atoms with Gasteiger partial charge in [-0.15, -0.1) is 0 Å². The van der Waals surface area contributed by atoms with Gasteiger partial charge < -0.3 is 15.4 Å². The smallest absolute Gasteiger partial charge is 0.394 e. The first kappa shape index (κ1) is 10.9. The summed E-state index contributed by atoms with van der Waals surface area (Å²) >= 11 is 0. The molecule has 0 fully saturated rings. The quantitative estimate of drug-likeness (QED) is 0.744. The van der Waals surface area contributed by atoms with Crippen LogP contribution in [0.4, 0.5) is 13.2 Å². The van der Waals surface area contributed by atoms with Gasteiger partial charge in [-0.1, -0.05) is 5.16 Å². The predicted molar refractivity (Wildman–Crippen MR) is 38.1 cm³/mol. The fraction of sp³-hybridized carbons (Fsp3) is 0.667. The number of aromatic nitrogens is 2. The number of hydrogen-bond acceptors (Lipinski definition) is 5. The Kier molecular flexibility index (Phi) is 3.06. The van der Waals surface area contributed by atoms with Gasteiger partial charge in [0.1, 0.15) is 12.5 Å². The third kappa shape index (κ3) is 2.96. The summed E-state index contributed by atoms with van der Waals surface area (Å²) in [5.74, 6) is -0.692. The maximum Gasteiger partial charge on any atom is 0.396 e. The molecule has 1 heterocycles. The molecule has 0 bridgehead atoms. The van der Waals surface area contributed by atoms with Crippen molar-refractivity contribution in [3.63, 3.8) is 0 Å². The zero-order chi connectivity index (χ0) is 10.8. The van der Waals surface area contributed by atoms with Crippen LogP contribution in [0.5, 0.6) is 0 Å². The zero-order valence-electron chi connectivity index (χ0n) is 6.95. The number of nitrogens with zero attached hydrogens (tertiary/aromatic N) is 2. The second-order valence-corrected chi connectivity index (χ2v) is 2.63. The molecule has 80 valence electrons. The van der Waals surface area contributed by atoms with E-state index in [4.69, 9.17) is 10.8 Å². The average Bonchev–Trinajstić information content (AvgIpc) is 2.48. The molecule has 0 radical (unpaired) electrons. The van der Waals surface area contributed by atoms with Crippen LogP contribution in [0.2, 0.25) is 0 Å². The molecule has 0 saturated heterocycles. The summed E-state index contributed by atoms with van der Waals surface area (Å²) in [6.07, 6.45) is -5.65. The van der Waals surface area contributed by atoms with Crippen LogP contribution in [0.1, 0.15) is 17.8 Å². The molecule has 1 rings (SSSR count). The Morgan fingerprint density at radius 1 is 1.50 bits per heavy atom. The van der Waals surface area contributed by atoms with Gasteiger partial charge in [0.25, 0.3) is 0 Å². The summed E-state index contributed by atoms with van der Waals surface area (Å²) in [5, 5.41) is 11.6. The highest BCUT2D eigenvalue weighted by Gasteiger charge is 2.31. The van der Waals surface area contributed by atoms with E-state index >= 15 is 0 Å². The molecular weight excluding hydrogens is 203 g/mol. The van der Waals surface area contributed by atoms with Gasteiger partial charge in [-0.25, -0.2) is 0 Å². The Hall–Kier alpha value is -1.15. The summed E-state index contributed by atoms with van der Waals surface area (Å²) in [4.78, 5) is 3.38. The second kappa shape index (κ2) is 3.93. The number of aliphatic hydroxyl groups excluding tert-OH is 1. The minimum Gasteiger partial charge on any atom is -0.394 e. The summed E-state index contributed by atoms with van der Waals surface area (Å²) in [7, 11) is 0. The van der Waals surface area contributed by atoms with Gasteiger partial charge in [-0.3, -0.25) is 0 Å². The molecule has 1 aromatic heterocycles. The second-order valence-electron chi connectivity index (χ2n) is 2.63. The Labute approximate surface area is 76.7 Å².